The number of hydrogen-bond donors (Lipinski definition) is 1. The van der Waals surface area contributed by atoms with Crippen molar-refractivity contribution in [3.63, 3.8) is 0 Å². The van der Waals surface area contributed by atoms with Crippen molar-refractivity contribution in [2.75, 3.05) is 0 Å². The van der Waals surface area contributed by atoms with Crippen molar-refractivity contribution in [3.8, 4) is 0 Å². The summed E-state index contributed by atoms with van der Waals surface area (Å²) in [6, 6.07) is 0. The first-order chi connectivity index (χ1) is 11.3. The molecule has 0 aromatic rings. The van der Waals surface area contributed by atoms with E-state index in [9.17, 15) is 9.90 Å². The van der Waals surface area contributed by atoms with Crippen molar-refractivity contribution < 1.29 is 14.6 Å². The zero-order valence-corrected chi connectivity index (χ0v) is 15.2. The quantitative estimate of drug-likeness (QED) is 0.590. The van der Waals surface area contributed by atoms with Gasteiger partial charge in [0.25, 0.3) is 0 Å². The standard InChI is InChI=1S/C21H30O3/c1-12(22)21-18(24-21)11-17-15-5-4-13-10-14(23)6-8-19(13,2)16(15)7-9-20(17,21)3/h4,14-18,23H,5-11H2,1-3H3/t14-,15-,16+,17-,18-,19-,20-,21-/m0/s1. The van der Waals surface area contributed by atoms with E-state index in [4.69, 9.17) is 4.74 Å². The van der Waals surface area contributed by atoms with Crippen LogP contribution in [0.3, 0.4) is 0 Å². The van der Waals surface area contributed by atoms with Crippen LogP contribution in [0.25, 0.3) is 0 Å². The molecule has 5 rings (SSSR count). The van der Waals surface area contributed by atoms with E-state index in [0.29, 0.717) is 11.8 Å². The molecule has 1 heterocycles. The Morgan fingerprint density at radius 2 is 2.04 bits per heavy atom. The molecule has 0 amide bonds. The van der Waals surface area contributed by atoms with Gasteiger partial charge in [0.05, 0.1) is 12.2 Å². The molecule has 0 aromatic carbocycles. The molecule has 0 aromatic heterocycles. The Morgan fingerprint density at radius 1 is 1.25 bits per heavy atom. The van der Waals surface area contributed by atoms with E-state index in [0.717, 1.165) is 44.4 Å². The summed E-state index contributed by atoms with van der Waals surface area (Å²) >= 11 is 0. The Morgan fingerprint density at radius 3 is 2.79 bits per heavy atom. The number of aliphatic hydroxyl groups is 1. The number of Topliss-reactive ketones (excluding diaryl/α,β-unsaturated/α-hetero) is 1. The minimum Gasteiger partial charge on any atom is -0.393 e. The lowest BCUT2D eigenvalue weighted by atomic mass is 9.47. The molecule has 0 bridgehead atoms. The predicted octanol–water partition coefficient (Wildman–Crippen LogP) is 3.65. The Labute approximate surface area is 144 Å². The van der Waals surface area contributed by atoms with Crippen LogP contribution in [0.2, 0.25) is 0 Å². The van der Waals surface area contributed by atoms with Gasteiger partial charge in [0.1, 0.15) is 0 Å². The second-order valence-corrected chi connectivity index (χ2v) is 9.75. The highest BCUT2D eigenvalue weighted by molar-refractivity contribution is 5.90. The minimum absolute atomic E-state index is 0.0422. The number of carbonyl (C=O) groups excluding carboxylic acids is 1. The van der Waals surface area contributed by atoms with Crippen molar-refractivity contribution in [2.45, 2.75) is 83.5 Å². The van der Waals surface area contributed by atoms with Gasteiger partial charge in [-0.05, 0) is 75.0 Å². The SMILES string of the molecule is CC(=O)[C@]12O[C@H]1C[C@H]1[C@H]3CC=C4C[C@@H](O)CC[C@]4(C)[C@@H]3CC[C@@]12C. The third-order valence-corrected chi connectivity index (χ3v) is 9.03. The number of ketones is 1. The van der Waals surface area contributed by atoms with E-state index in [1.807, 2.05) is 0 Å². The summed E-state index contributed by atoms with van der Waals surface area (Å²) < 4.78 is 6.00. The summed E-state index contributed by atoms with van der Waals surface area (Å²) in [7, 11) is 0. The van der Waals surface area contributed by atoms with Gasteiger partial charge in [-0.2, -0.15) is 0 Å². The maximum Gasteiger partial charge on any atom is 0.164 e. The molecule has 24 heavy (non-hydrogen) atoms. The molecule has 0 radical (unpaired) electrons. The molecule has 3 heteroatoms. The first-order valence-electron chi connectivity index (χ1n) is 9.89. The fourth-order valence-electron chi connectivity index (χ4n) is 7.71. The molecular formula is C21H30O3. The number of epoxide rings is 1. The van der Waals surface area contributed by atoms with Gasteiger partial charge in [0, 0.05) is 5.41 Å². The van der Waals surface area contributed by atoms with Gasteiger partial charge in [-0.25, -0.2) is 0 Å². The largest absolute Gasteiger partial charge is 0.393 e. The number of carbonyl (C=O) groups is 1. The lowest BCUT2D eigenvalue weighted by Crippen LogP contribution is -2.54. The van der Waals surface area contributed by atoms with Crippen LogP contribution in [0, 0.1) is 28.6 Å². The van der Waals surface area contributed by atoms with Crippen molar-refractivity contribution in [1.29, 1.82) is 0 Å². The van der Waals surface area contributed by atoms with E-state index in [1.54, 1.807) is 6.92 Å². The number of allylic oxidation sites excluding steroid dienone is 1. The van der Waals surface area contributed by atoms with E-state index in [2.05, 4.69) is 19.9 Å². The average Bonchev–Trinajstić information content (AvgIpc) is 3.21. The van der Waals surface area contributed by atoms with Gasteiger partial charge < -0.3 is 9.84 Å². The molecule has 1 saturated heterocycles. The fraction of sp³-hybridized carbons (Fsp3) is 0.857. The zero-order valence-electron chi connectivity index (χ0n) is 15.2. The van der Waals surface area contributed by atoms with E-state index < -0.39 is 5.60 Å². The summed E-state index contributed by atoms with van der Waals surface area (Å²) in [6.45, 7) is 6.54. The normalized spacial score (nSPS) is 58.0. The topological polar surface area (TPSA) is 49.8 Å². The number of rotatable bonds is 1. The maximum absolute atomic E-state index is 12.4. The molecule has 5 aliphatic rings. The van der Waals surface area contributed by atoms with E-state index in [-0.39, 0.29) is 28.8 Å². The van der Waals surface area contributed by atoms with Crippen LogP contribution in [-0.4, -0.2) is 28.7 Å². The summed E-state index contributed by atoms with van der Waals surface area (Å²) in [4.78, 5) is 12.4. The lowest BCUT2D eigenvalue weighted by Gasteiger charge is -2.58. The Kier molecular flexibility index (Phi) is 2.94. The van der Waals surface area contributed by atoms with Gasteiger partial charge in [-0.1, -0.05) is 25.5 Å². The molecule has 4 aliphatic carbocycles. The van der Waals surface area contributed by atoms with Crippen LogP contribution in [0.1, 0.15) is 65.7 Å². The minimum atomic E-state index is -0.448. The van der Waals surface area contributed by atoms with Crippen molar-refractivity contribution in [2.24, 2.45) is 28.6 Å². The van der Waals surface area contributed by atoms with Gasteiger partial charge in [-0.15, -0.1) is 0 Å². The Balaban J connectivity index is 1.51. The third-order valence-electron chi connectivity index (χ3n) is 9.03. The zero-order chi connectivity index (χ0) is 16.9. The predicted molar refractivity (Wildman–Crippen MR) is 91.4 cm³/mol. The molecule has 0 unspecified atom stereocenters. The molecule has 0 spiro atoms. The molecule has 3 saturated carbocycles. The van der Waals surface area contributed by atoms with Crippen LogP contribution in [0.5, 0.6) is 0 Å². The summed E-state index contributed by atoms with van der Waals surface area (Å²) in [5.74, 6) is 2.31. The molecule has 4 fully saturated rings. The fourth-order valence-corrected chi connectivity index (χ4v) is 7.71. The van der Waals surface area contributed by atoms with Crippen LogP contribution in [0.15, 0.2) is 11.6 Å². The molecule has 3 nitrogen and oxygen atoms in total. The molecule has 1 aliphatic heterocycles. The highest BCUT2D eigenvalue weighted by Gasteiger charge is 2.79. The maximum atomic E-state index is 12.4. The Hall–Kier alpha value is -0.670. The van der Waals surface area contributed by atoms with Gasteiger partial charge >= 0.3 is 0 Å². The summed E-state index contributed by atoms with van der Waals surface area (Å²) in [5, 5.41) is 10.1. The second kappa shape index (κ2) is 4.54. The highest BCUT2D eigenvalue weighted by atomic mass is 16.6. The van der Waals surface area contributed by atoms with E-state index >= 15 is 0 Å². The summed E-state index contributed by atoms with van der Waals surface area (Å²) in [5.41, 5.74) is 1.39. The van der Waals surface area contributed by atoms with Gasteiger partial charge in [-0.3, -0.25) is 4.79 Å². The average molecular weight is 330 g/mol. The van der Waals surface area contributed by atoms with Crippen molar-refractivity contribution in [1.82, 2.24) is 0 Å². The van der Waals surface area contributed by atoms with Crippen LogP contribution < -0.4 is 0 Å². The second-order valence-electron chi connectivity index (χ2n) is 9.75. The number of aliphatic hydroxyl groups excluding tert-OH is 1. The smallest absolute Gasteiger partial charge is 0.164 e. The van der Waals surface area contributed by atoms with Gasteiger partial charge in [0.15, 0.2) is 11.4 Å². The number of fused-ring (bicyclic) bond motifs is 7. The monoisotopic (exact) mass is 330 g/mol. The molecule has 8 atom stereocenters. The summed E-state index contributed by atoms with van der Waals surface area (Å²) in [6.07, 6.45) is 10.0. The Bertz CT molecular complexity index is 639. The van der Waals surface area contributed by atoms with Crippen molar-refractivity contribution in [3.05, 3.63) is 11.6 Å². The van der Waals surface area contributed by atoms with Crippen LogP contribution in [-0.2, 0) is 9.53 Å². The van der Waals surface area contributed by atoms with Crippen LogP contribution in [0.4, 0.5) is 0 Å². The highest BCUT2D eigenvalue weighted by Crippen LogP contribution is 2.73. The molecular weight excluding hydrogens is 300 g/mol. The van der Waals surface area contributed by atoms with E-state index in [1.165, 1.54) is 12.0 Å². The molecule has 1 N–H and O–H groups in total. The molecule has 132 valence electrons. The van der Waals surface area contributed by atoms with Crippen molar-refractivity contribution >= 4 is 5.78 Å². The number of ether oxygens (including phenoxy) is 1. The first-order valence-corrected chi connectivity index (χ1v) is 9.89. The first kappa shape index (κ1) is 15.6. The van der Waals surface area contributed by atoms with Gasteiger partial charge in [0.2, 0.25) is 0 Å². The van der Waals surface area contributed by atoms with Crippen LogP contribution >= 0.6 is 0 Å². The lowest BCUT2D eigenvalue weighted by molar-refractivity contribution is -0.135. The third kappa shape index (κ3) is 1.60. The number of hydrogen-bond acceptors (Lipinski definition) is 3.